The van der Waals surface area contributed by atoms with Gasteiger partial charge >= 0.3 is 0 Å². The highest BCUT2D eigenvalue weighted by Gasteiger charge is 2.02. The van der Waals surface area contributed by atoms with Crippen LogP contribution in [0.3, 0.4) is 0 Å². The summed E-state index contributed by atoms with van der Waals surface area (Å²) >= 11 is 0. The molecule has 2 heterocycles. The molecule has 4 nitrogen and oxygen atoms in total. The van der Waals surface area contributed by atoms with Crippen molar-refractivity contribution in [1.29, 1.82) is 0 Å². The number of fused-ring (bicyclic) bond motifs is 1. The van der Waals surface area contributed by atoms with E-state index in [9.17, 15) is 0 Å². The van der Waals surface area contributed by atoms with Crippen LogP contribution in [0.1, 0.15) is 0 Å². The van der Waals surface area contributed by atoms with Gasteiger partial charge in [-0.3, -0.25) is 9.97 Å². The lowest BCUT2D eigenvalue weighted by Crippen LogP contribution is -1.89. The summed E-state index contributed by atoms with van der Waals surface area (Å²) in [6.07, 6.45) is 5.18. The fourth-order valence-corrected chi connectivity index (χ4v) is 1.76. The van der Waals surface area contributed by atoms with Crippen LogP contribution in [0.2, 0.25) is 0 Å². The van der Waals surface area contributed by atoms with E-state index in [0.29, 0.717) is 0 Å². The van der Waals surface area contributed by atoms with Gasteiger partial charge in [0.25, 0.3) is 0 Å². The van der Waals surface area contributed by atoms with E-state index in [0.717, 1.165) is 28.0 Å². The Morgan fingerprint density at radius 2 is 1.78 bits per heavy atom. The number of pyridine rings is 1. The van der Waals surface area contributed by atoms with Gasteiger partial charge in [0.05, 0.1) is 30.7 Å². The molecule has 0 aliphatic rings. The molecule has 0 bridgehead atoms. The van der Waals surface area contributed by atoms with Crippen molar-refractivity contribution in [3.63, 3.8) is 0 Å². The predicted molar refractivity (Wildman–Crippen MR) is 69.3 cm³/mol. The molecule has 18 heavy (non-hydrogen) atoms. The first kappa shape index (κ1) is 10.7. The summed E-state index contributed by atoms with van der Waals surface area (Å²) in [4.78, 5) is 12.9. The van der Waals surface area contributed by atoms with Gasteiger partial charge in [-0.05, 0) is 30.3 Å². The van der Waals surface area contributed by atoms with Crippen LogP contribution in [0.15, 0.2) is 48.9 Å². The van der Waals surface area contributed by atoms with Crippen LogP contribution in [-0.2, 0) is 0 Å². The van der Waals surface area contributed by atoms with E-state index in [-0.39, 0.29) is 0 Å². The summed E-state index contributed by atoms with van der Waals surface area (Å²) in [5.41, 5.74) is 3.51. The van der Waals surface area contributed by atoms with Crippen LogP contribution >= 0.6 is 0 Å². The molecular formula is C14H11N3O. The molecule has 0 saturated heterocycles. The Morgan fingerprint density at radius 1 is 0.944 bits per heavy atom. The number of benzene rings is 1. The van der Waals surface area contributed by atoms with Gasteiger partial charge in [0.1, 0.15) is 11.3 Å². The minimum absolute atomic E-state index is 0.801. The number of rotatable bonds is 2. The van der Waals surface area contributed by atoms with E-state index in [4.69, 9.17) is 4.74 Å². The maximum Gasteiger partial charge on any atom is 0.118 e. The van der Waals surface area contributed by atoms with Gasteiger partial charge in [0.15, 0.2) is 0 Å². The lowest BCUT2D eigenvalue weighted by molar-refractivity contribution is 0.415. The summed E-state index contributed by atoms with van der Waals surface area (Å²) in [5.74, 6) is 0.830. The Morgan fingerprint density at radius 3 is 2.56 bits per heavy atom. The van der Waals surface area contributed by atoms with Crippen molar-refractivity contribution >= 4 is 11.0 Å². The number of hydrogen-bond acceptors (Lipinski definition) is 4. The average molecular weight is 237 g/mol. The molecule has 0 N–H and O–H groups in total. The van der Waals surface area contributed by atoms with Crippen molar-refractivity contribution in [3.05, 3.63) is 48.9 Å². The van der Waals surface area contributed by atoms with Crippen molar-refractivity contribution in [2.75, 3.05) is 7.11 Å². The molecule has 4 heteroatoms. The normalized spacial score (nSPS) is 10.5. The molecule has 3 rings (SSSR count). The SMILES string of the molecule is COc1ccc(-c2cnc3cnccc3n2)cc1. The first-order chi connectivity index (χ1) is 8.86. The number of ether oxygens (including phenoxy) is 1. The van der Waals surface area contributed by atoms with Gasteiger partial charge < -0.3 is 4.74 Å². The maximum atomic E-state index is 5.13. The second-order valence-corrected chi connectivity index (χ2v) is 3.85. The topological polar surface area (TPSA) is 47.9 Å². The molecule has 0 radical (unpaired) electrons. The van der Waals surface area contributed by atoms with Crippen LogP contribution in [0.5, 0.6) is 5.75 Å². The zero-order valence-corrected chi connectivity index (χ0v) is 9.87. The molecule has 3 aromatic rings. The standard InChI is InChI=1S/C14H11N3O/c1-18-11-4-2-10(3-5-11)13-9-16-14-8-15-7-6-12(14)17-13/h2-9H,1H3. The molecule has 0 aliphatic heterocycles. The maximum absolute atomic E-state index is 5.13. The largest absolute Gasteiger partial charge is 0.497 e. The highest BCUT2D eigenvalue weighted by atomic mass is 16.5. The highest BCUT2D eigenvalue weighted by Crippen LogP contribution is 2.21. The Balaban J connectivity index is 2.07. The van der Waals surface area contributed by atoms with E-state index in [2.05, 4.69) is 15.0 Å². The molecule has 1 aromatic carbocycles. The second kappa shape index (κ2) is 4.41. The monoisotopic (exact) mass is 237 g/mol. The zero-order valence-electron chi connectivity index (χ0n) is 9.87. The van der Waals surface area contributed by atoms with Gasteiger partial charge in [-0.2, -0.15) is 0 Å². The summed E-state index contributed by atoms with van der Waals surface area (Å²) in [6.45, 7) is 0. The van der Waals surface area contributed by atoms with E-state index in [1.807, 2.05) is 30.3 Å². The van der Waals surface area contributed by atoms with Crippen molar-refractivity contribution < 1.29 is 4.74 Å². The third-order valence-electron chi connectivity index (χ3n) is 2.73. The van der Waals surface area contributed by atoms with Crippen molar-refractivity contribution in [1.82, 2.24) is 15.0 Å². The van der Waals surface area contributed by atoms with Crippen molar-refractivity contribution in [3.8, 4) is 17.0 Å². The molecule has 2 aromatic heterocycles. The predicted octanol–water partition coefficient (Wildman–Crippen LogP) is 2.70. The van der Waals surface area contributed by atoms with Gasteiger partial charge in [-0.15, -0.1) is 0 Å². The highest BCUT2D eigenvalue weighted by molar-refractivity contribution is 5.75. The van der Waals surface area contributed by atoms with Crippen molar-refractivity contribution in [2.24, 2.45) is 0 Å². The van der Waals surface area contributed by atoms with Gasteiger partial charge in [0.2, 0.25) is 0 Å². The van der Waals surface area contributed by atoms with E-state index < -0.39 is 0 Å². The first-order valence-electron chi connectivity index (χ1n) is 5.58. The number of methoxy groups -OCH3 is 1. The zero-order chi connectivity index (χ0) is 12.4. The van der Waals surface area contributed by atoms with Gasteiger partial charge in [0, 0.05) is 11.8 Å². The third kappa shape index (κ3) is 1.88. The molecule has 0 amide bonds. The second-order valence-electron chi connectivity index (χ2n) is 3.85. The third-order valence-corrected chi connectivity index (χ3v) is 2.73. The molecule has 0 atom stereocenters. The summed E-state index contributed by atoms with van der Waals surface area (Å²) < 4.78 is 5.13. The fraction of sp³-hybridized carbons (Fsp3) is 0.0714. The van der Waals surface area contributed by atoms with E-state index >= 15 is 0 Å². The molecule has 88 valence electrons. The molecule has 0 spiro atoms. The van der Waals surface area contributed by atoms with E-state index in [1.165, 1.54) is 0 Å². The molecule has 0 aliphatic carbocycles. The summed E-state index contributed by atoms with van der Waals surface area (Å²) in [7, 11) is 1.65. The molecule has 0 saturated carbocycles. The van der Waals surface area contributed by atoms with Crippen LogP contribution < -0.4 is 4.74 Å². The number of nitrogens with zero attached hydrogens (tertiary/aromatic N) is 3. The van der Waals surface area contributed by atoms with E-state index in [1.54, 1.807) is 25.7 Å². The summed E-state index contributed by atoms with van der Waals surface area (Å²) in [6, 6.07) is 9.61. The number of aromatic nitrogens is 3. The quantitative estimate of drug-likeness (QED) is 0.687. The first-order valence-corrected chi connectivity index (χ1v) is 5.58. The average Bonchev–Trinajstić information content (AvgIpc) is 2.47. The molecular weight excluding hydrogens is 226 g/mol. The summed E-state index contributed by atoms with van der Waals surface area (Å²) in [5, 5.41) is 0. The Kier molecular flexibility index (Phi) is 2.61. The Bertz CT molecular complexity index is 680. The van der Waals surface area contributed by atoms with Crippen molar-refractivity contribution in [2.45, 2.75) is 0 Å². The smallest absolute Gasteiger partial charge is 0.118 e. The van der Waals surface area contributed by atoms with Crippen LogP contribution in [-0.4, -0.2) is 22.1 Å². The Labute approximate surface area is 104 Å². The lowest BCUT2D eigenvalue weighted by atomic mass is 10.1. The van der Waals surface area contributed by atoms with Gasteiger partial charge in [-0.1, -0.05) is 0 Å². The van der Waals surface area contributed by atoms with Crippen LogP contribution in [0.25, 0.3) is 22.3 Å². The lowest BCUT2D eigenvalue weighted by Gasteiger charge is -2.03. The molecule has 0 unspecified atom stereocenters. The van der Waals surface area contributed by atoms with Crippen LogP contribution in [0.4, 0.5) is 0 Å². The van der Waals surface area contributed by atoms with Crippen LogP contribution in [0, 0.1) is 0 Å². The minimum atomic E-state index is 0.801. The minimum Gasteiger partial charge on any atom is -0.497 e. The number of hydrogen-bond donors (Lipinski definition) is 0. The van der Waals surface area contributed by atoms with Gasteiger partial charge in [-0.25, -0.2) is 4.98 Å². The molecule has 0 fully saturated rings. The Hall–Kier alpha value is -2.49. The fourth-order valence-electron chi connectivity index (χ4n) is 1.76.